The summed E-state index contributed by atoms with van der Waals surface area (Å²) >= 11 is 0. The van der Waals surface area contributed by atoms with Gasteiger partial charge in [0.05, 0.1) is 11.6 Å². The third kappa shape index (κ3) is 3.29. The zero-order chi connectivity index (χ0) is 18.1. The number of amides is 2. The highest BCUT2D eigenvalue weighted by Gasteiger charge is 2.40. The summed E-state index contributed by atoms with van der Waals surface area (Å²) in [5.74, 6) is -2.91. The number of rotatable bonds is 4. The van der Waals surface area contributed by atoms with Crippen molar-refractivity contribution in [2.75, 3.05) is 13.1 Å². The minimum absolute atomic E-state index is 0.0967. The largest absolute Gasteiger partial charge is 0.480 e. The summed E-state index contributed by atoms with van der Waals surface area (Å²) < 4.78 is 38.3. The molecule has 1 unspecified atom stereocenters. The number of hydrogen-bond donors (Lipinski definition) is 2. The summed E-state index contributed by atoms with van der Waals surface area (Å²) in [6, 6.07) is 2.72. The number of aliphatic carboxylic acids is 1. The molecule has 2 rings (SSSR count). The van der Waals surface area contributed by atoms with Crippen molar-refractivity contribution in [3.63, 3.8) is 0 Å². The molecule has 0 spiro atoms. The van der Waals surface area contributed by atoms with Crippen LogP contribution in [0.5, 0.6) is 0 Å². The molecule has 0 aromatic heterocycles. The molecule has 2 N–H and O–H groups in total. The van der Waals surface area contributed by atoms with E-state index in [1.165, 1.54) is 0 Å². The second-order valence-corrected chi connectivity index (χ2v) is 4.93. The first kappa shape index (κ1) is 17.3. The lowest BCUT2D eigenvalue weighted by atomic mass is 10.0. The smallest absolute Gasteiger partial charge is 0.416 e. The Morgan fingerprint density at radius 1 is 1.38 bits per heavy atom. The molecule has 0 bridgehead atoms. The number of benzene rings is 1. The Hall–Kier alpha value is -3.09. The molecule has 24 heavy (non-hydrogen) atoms. The first-order valence-electron chi connectivity index (χ1n) is 6.55. The normalized spacial score (nSPS) is 16.5. The van der Waals surface area contributed by atoms with Gasteiger partial charge in [-0.3, -0.25) is 14.4 Å². The van der Waals surface area contributed by atoms with Crippen LogP contribution in [0.1, 0.15) is 27.5 Å². The number of carboxylic acids is 1. The van der Waals surface area contributed by atoms with Gasteiger partial charge in [-0.05, 0) is 18.2 Å². The average molecular weight is 341 g/mol. The third-order valence-electron chi connectivity index (χ3n) is 3.35. The Bertz CT molecular complexity index is 755. The number of carboxylic acid groups (broad SMARTS) is 1. The molecule has 1 aliphatic heterocycles. The lowest BCUT2D eigenvalue weighted by Gasteiger charge is -2.19. The minimum Gasteiger partial charge on any atom is -0.480 e. The number of hydrogen-bond acceptors (Lipinski definition) is 4. The lowest BCUT2D eigenvalue weighted by Crippen LogP contribution is -2.40. The first-order chi connectivity index (χ1) is 11.1. The van der Waals surface area contributed by atoms with Gasteiger partial charge in [0.25, 0.3) is 5.91 Å². The van der Waals surface area contributed by atoms with Crippen molar-refractivity contribution < 1.29 is 32.7 Å². The van der Waals surface area contributed by atoms with Crippen LogP contribution < -0.4 is 5.32 Å². The maximum atomic E-state index is 12.8. The lowest BCUT2D eigenvalue weighted by molar-refractivity contribution is -0.138. The van der Waals surface area contributed by atoms with Crippen molar-refractivity contribution in [1.82, 2.24) is 10.2 Å². The fraction of sp³-hybridized carbons (Fsp3) is 0.286. The standard InChI is InChI=1S/C14H10F3N3O4/c15-14(16,17)7-1-2-8-9(3-7)10(4-18)20(13(8)24)6-11(21)19-5-12(22)23/h1-3,10H,5-6H2,(H,19,21)(H,22,23). The van der Waals surface area contributed by atoms with Gasteiger partial charge >= 0.3 is 12.1 Å². The zero-order valence-electron chi connectivity index (χ0n) is 11.9. The number of alkyl halides is 3. The third-order valence-corrected chi connectivity index (χ3v) is 3.35. The Morgan fingerprint density at radius 3 is 2.58 bits per heavy atom. The van der Waals surface area contributed by atoms with E-state index in [0.717, 1.165) is 17.0 Å². The highest BCUT2D eigenvalue weighted by Crippen LogP contribution is 2.37. The van der Waals surface area contributed by atoms with E-state index in [1.807, 2.05) is 5.32 Å². The molecule has 2 amide bonds. The average Bonchev–Trinajstić information content (AvgIpc) is 2.76. The Kier molecular flexibility index (Phi) is 4.45. The molecule has 1 heterocycles. The van der Waals surface area contributed by atoms with Crippen LogP contribution in [-0.4, -0.2) is 40.9 Å². The van der Waals surface area contributed by atoms with E-state index in [1.54, 1.807) is 6.07 Å². The molecule has 0 aliphatic carbocycles. The SMILES string of the molecule is N#CC1c2cc(C(F)(F)F)ccc2C(=O)N1CC(=O)NCC(=O)O. The first-order valence-corrected chi connectivity index (χ1v) is 6.55. The fourth-order valence-electron chi connectivity index (χ4n) is 2.29. The van der Waals surface area contributed by atoms with Crippen LogP contribution in [0.2, 0.25) is 0 Å². The molecular weight excluding hydrogens is 331 g/mol. The fourth-order valence-corrected chi connectivity index (χ4v) is 2.29. The molecule has 126 valence electrons. The molecular formula is C14H10F3N3O4. The van der Waals surface area contributed by atoms with Crippen molar-refractivity contribution in [3.05, 3.63) is 34.9 Å². The maximum Gasteiger partial charge on any atom is 0.416 e. The van der Waals surface area contributed by atoms with E-state index < -0.39 is 48.7 Å². The Morgan fingerprint density at radius 2 is 2.04 bits per heavy atom. The summed E-state index contributed by atoms with van der Waals surface area (Å²) in [5.41, 5.74) is -1.24. The van der Waals surface area contributed by atoms with Gasteiger partial charge in [0.15, 0.2) is 0 Å². The van der Waals surface area contributed by atoms with Gasteiger partial charge in [-0.25, -0.2) is 0 Å². The summed E-state index contributed by atoms with van der Waals surface area (Å²) in [5, 5.41) is 19.7. The molecule has 1 aliphatic rings. The van der Waals surface area contributed by atoms with E-state index in [2.05, 4.69) is 0 Å². The molecule has 0 radical (unpaired) electrons. The summed E-state index contributed by atoms with van der Waals surface area (Å²) in [6.45, 7) is -1.32. The molecule has 0 saturated carbocycles. The summed E-state index contributed by atoms with van der Waals surface area (Å²) in [4.78, 5) is 35.0. The molecule has 1 atom stereocenters. The van der Waals surface area contributed by atoms with Gasteiger partial charge in [0.2, 0.25) is 5.91 Å². The molecule has 7 nitrogen and oxygen atoms in total. The predicted octanol–water partition coefficient (Wildman–Crippen LogP) is 0.927. The summed E-state index contributed by atoms with van der Waals surface area (Å²) in [6.07, 6.45) is -4.63. The van der Waals surface area contributed by atoms with E-state index >= 15 is 0 Å². The number of halogens is 3. The minimum atomic E-state index is -4.63. The second kappa shape index (κ2) is 6.19. The van der Waals surface area contributed by atoms with Crippen LogP contribution in [0.4, 0.5) is 13.2 Å². The van der Waals surface area contributed by atoms with Crippen LogP contribution in [0.3, 0.4) is 0 Å². The Balaban J connectivity index is 2.27. The monoisotopic (exact) mass is 341 g/mol. The van der Waals surface area contributed by atoms with Crippen molar-refractivity contribution in [2.24, 2.45) is 0 Å². The number of carbonyl (C=O) groups excluding carboxylic acids is 2. The molecule has 0 fully saturated rings. The highest BCUT2D eigenvalue weighted by atomic mass is 19.4. The maximum absolute atomic E-state index is 12.8. The number of carbonyl (C=O) groups is 3. The van der Waals surface area contributed by atoms with Gasteiger partial charge in [-0.15, -0.1) is 0 Å². The van der Waals surface area contributed by atoms with Crippen molar-refractivity contribution >= 4 is 17.8 Å². The van der Waals surface area contributed by atoms with Crippen LogP contribution in [0.25, 0.3) is 0 Å². The van der Waals surface area contributed by atoms with E-state index in [9.17, 15) is 32.8 Å². The second-order valence-electron chi connectivity index (χ2n) is 4.93. The van der Waals surface area contributed by atoms with E-state index in [4.69, 9.17) is 5.11 Å². The van der Waals surface area contributed by atoms with Gasteiger partial charge < -0.3 is 15.3 Å². The molecule has 0 saturated heterocycles. The van der Waals surface area contributed by atoms with E-state index in [-0.39, 0.29) is 11.1 Å². The van der Waals surface area contributed by atoms with Gasteiger partial charge in [-0.2, -0.15) is 18.4 Å². The summed E-state index contributed by atoms with van der Waals surface area (Å²) in [7, 11) is 0. The number of nitrogens with zero attached hydrogens (tertiary/aromatic N) is 2. The molecule has 1 aromatic rings. The number of fused-ring (bicyclic) bond motifs is 1. The predicted molar refractivity (Wildman–Crippen MR) is 71.5 cm³/mol. The van der Waals surface area contributed by atoms with Gasteiger partial charge in [0, 0.05) is 11.1 Å². The quantitative estimate of drug-likeness (QED) is 0.846. The molecule has 1 aromatic carbocycles. The Labute approximate surface area is 133 Å². The van der Waals surface area contributed by atoms with Crippen LogP contribution >= 0.6 is 0 Å². The zero-order valence-corrected chi connectivity index (χ0v) is 11.9. The number of nitrogens with one attached hydrogen (secondary N) is 1. The van der Waals surface area contributed by atoms with Crippen molar-refractivity contribution in [1.29, 1.82) is 5.26 Å². The van der Waals surface area contributed by atoms with Crippen molar-refractivity contribution in [2.45, 2.75) is 12.2 Å². The van der Waals surface area contributed by atoms with Crippen molar-refractivity contribution in [3.8, 4) is 6.07 Å². The topological polar surface area (TPSA) is 111 Å². The van der Waals surface area contributed by atoms with Crippen LogP contribution in [0.15, 0.2) is 18.2 Å². The van der Waals surface area contributed by atoms with Crippen LogP contribution in [0, 0.1) is 11.3 Å². The molecule has 10 heteroatoms. The van der Waals surface area contributed by atoms with Gasteiger partial charge in [0.1, 0.15) is 19.1 Å². The van der Waals surface area contributed by atoms with E-state index in [0.29, 0.717) is 6.07 Å². The number of nitriles is 1. The highest BCUT2D eigenvalue weighted by molar-refractivity contribution is 6.01. The van der Waals surface area contributed by atoms with Crippen LogP contribution in [-0.2, 0) is 15.8 Å². The van der Waals surface area contributed by atoms with Gasteiger partial charge in [-0.1, -0.05) is 0 Å².